The van der Waals surface area contributed by atoms with Gasteiger partial charge in [-0.05, 0) is 34.9 Å². The van der Waals surface area contributed by atoms with Gasteiger partial charge in [0, 0.05) is 17.3 Å². The van der Waals surface area contributed by atoms with Crippen LogP contribution in [0.15, 0.2) is 36.4 Å². The van der Waals surface area contributed by atoms with E-state index in [2.05, 4.69) is 15.9 Å². The average molecular weight is 319 g/mol. The fourth-order valence-electron chi connectivity index (χ4n) is 2.10. The smallest absolute Gasteiger partial charge is 0.228 e. The highest BCUT2D eigenvalue weighted by atomic mass is 79.9. The molecule has 0 aliphatic rings. The number of carbonyl (C=O) groups is 2. The molecule has 98 valence electrons. The highest BCUT2D eigenvalue weighted by molar-refractivity contribution is 9.08. The number of hydrogen-bond acceptors (Lipinski definition) is 2. The Morgan fingerprint density at radius 2 is 1.74 bits per heavy atom. The summed E-state index contributed by atoms with van der Waals surface area (Å²) < 4.78 is 0. The van der Waals surface area contributed by atoms with E-state index in [1.54, 1.807) is 0 Å². The second-order valence-electron chi connectivity index (χ2n) is 4.49. The Hall–Kier alpha value is -1.48. The van der Waals surface area contributed by atoms with E-state index >= 15 is 0 Å². The first-order valence-corrected chi connectivity index (χ1v) is 7.44. The van der Waals surface area contributed by atoms with Crippen LogP contribution < -0.4 is 0 Å². The van der Waals surface area contributed by atoms with E-state index in [-0.39, 0.29) is 11.6 Å². The van der Waals surface area contributed by atoms with Crippen molar-refractivity contribution in [3.8, 4) is 0 Å². The molecule has 0 radical (unpaired) electrons. The summed E-state index contributed by atoms with van der Waals surface area (Å²) in [6, 6.07) is 11.6. The van der Waals surface area contributed by atoms with Crippen LogP contribution in [0.1, 0.15) is 35.7 Å². The molecule has 0 aromatic heterocycles. The molecule has 2 rings (SSSR count). The lowest BCUT2D eigenvalue weighted by atomic mass is 9.96. The van der Waals surface area contributed by atoms with Crippen LogP contribution in [0.5, 0.6) is 0 Å². The lowest BCUT2D eigenvalue weighted by molar-refractivity contribution is -0.115. The summed E-state index contributed by atoms with van der Waals surface area (Å²) in [5.74, 6) is -0.679. The number of Topliss-reactive ketones (excluding diaryl/α,β-unsaturated/α-hetero) is 2. The van der Waals surface area contributed by atoms with Crippen LogP contribution in [0.4, 0.5) is 0 Å². The number of benzene rings is 2. The zero-order valence-corrected chi connectivity index (χ0v) is 12.4. The van der Waals surface area contributed by atoms with Crippen LogP contribution in [0.3, 0.4) is 0 Å². The van der Waals surface area contributed by atoms with Gasteiger partial charge in [-0.1, -0.05) is 47.1 Å². The molecule has 0 amide bonds. The molecule has 3 heteroatoms. The molecule has 0 aliphatic carbocycles. The molecule has 0 unspecified atom stereocenters. The molecule has 19 heavy (non-hydrogen) atoms. The summed E-state index contributed by atoms with van der Waals surface area (Å²) in [6.07, 6.45) is 1.01. The third-order valence-electron chi connectivity index (χ3n) is 3.09. The van der Waals surface area contributed by atoms with Gasteiger partial charge in [0.15, 0.2) is 0 Å². The predicted molar refractivity (Wildman–Crippen MR) is 80.8 cm³/mol. The number of fused-ring (bicyclic) bond motifs is 1. The molecule has 0 saturated carbocycles. The summed E-state index contributed by atoms with van der Waals surface area (Å²) in [5, 5.41) is 2.63. The number of carbonyl (C=O) groups excluding carboxylic acids is 2. The standard InChI is InChI=1S/C16H15BrO2/c1-2-5-15(18)16(19)14-9-12-7-4-3-6-11(12)8-13(14)10-17/h3-4,6-9H,2,5,10H2,1H3. The highest BCUT2D eigenvalue weighted by Gasteiger charge is 2.18. The first-order valence-electron chi connectivity index (χ1n) is 6.32. The normalized spacial score (nSPS) is 10.6. The first-order chi connectivity index (χ1) is 9.17. The van der Waals surface area contributed by atoms with Gasteiger partial charge in [-0.15, -0.1) is 0 Å². The predicted octanol–water partition coefficient (Wildman–Crippen LogP) is 4.29. The number of alkyl halides is 1. The lowest BCUT2D eigenvalue weighted by Gasteiger charge is -2.08. The van der Waals surface area contributed by atoms with E-state index in [1.165, 1.54) is 0 Å². The van der Waals surface area contributed by atoms with Crippen molar-refractivity contribution in [2.24, 2.45) is 0 Å². The van der Waals surface area contributed by atoms with Gasteiger partial charge in [-0.2, -0.15) is 0 Å². The van der Waals surface area contributed by atoms with Crippen molar-refractivity contribution in [2.45, 2.75) is 25.1 Å². The molecular formula is C16H15BrO2. The third-order valence-corrected chi connectivity index (χ3v) is 3.69. The molecule has 0 saturated heterocycles. The number of hydrogen-bond donors (Lipinski definition) is 0. The van der Waals surface area contributed by atoms with Gasteiger partial charge in [0.2, 0.25) is 11.6 Å². The van der Waals surface area contributed by atoms with Gasteiger partial charge < -0.3 is 0 Å². The van der Waals surface area contributed by atoms with Gasteiger partial charge in [-0.3, -0.25) is 9.59 Å². The Morgan fingerprint density at radius 3 is 2.32 bits per heavy atom. The van der Waals surface area contributed by atoms with E-state index in [9.17, 15) is 9.59 Å². The van der Waals surface area contributed by atoms with Crippen LogP contribution in [0.25, 0.3) is 10.8 Å². The molecule has 0 aliphatic heterocycles. The quantitative estimate of drug-likeness (QED) is 0.468. The van der Waals surface area contributed by atoms with E-state index in [1.807, 2.05) is 43.3 Å². The monoisotopic (exact) mass is 318 g/mol. The number of halogens is 1. The van der Waals surface area contributed by atoms with Crippen molar-refractivity contribution in [3.63, 3.8) is 0 Å². The Balaban J connectivity index is 2.52. The van der Waals surface area contributed by atoms with E-state index < -0.39 is 0 Å². The van der Waals surface area contributed by atoms with Crippen LogP contribution in [0.2, 0.25) is 0 Å². The van der Waals surface area contributed by atoms with Gasteiger partial charge in [-0.25, -0.2) is 0 Å². The highest BCUT2D eigenvalue weighted by Crippen LogP contribution is 2.23. The van der Waals surface area contributed by atoms with E-state index in [0.29, 0.717) is 23.7 Å². The second-order valence-corrected chi connectivity index (χ2v) is 5.05. The molecule has 0 bridgehead atoms. The van der Waals surface area contributed by atoms with Gasteiger partial charge >= 0.3 is 0 Å². The molecule has 0 atom stereocenters. The van der Waals surface area contributed by atoms with Crippen molar-refractivity contribution >= 4 is 38.3 Å². The molecule has 2 aromatic rings. The summed E-state index contributed by atoms with van der Waals surface area (Å²) in [4.78, 5) is 24.0. The third kappa shape index (κ3) is 2.92. The minimum absolute atomic E-state index is 0.306. The van der Waals surface area contributed by atoms with Crippen LogP contribution >= 0.6 is 15.9 Å². The van der Waals surface area contributed by atoms with Crippen molar-refractivity contribution < 1.29 is 9.59 Å². The average Bonchev–Trinajstić information content (AvgIpc) is 2.45. The Kier molecular flexibility index (Phi) is 4.48. The zero-order chi connectivity index (χ0) is 13.8. The molecular weight excluding hydrogens is 304 g/mol. The Morgan fingerprint density at radius 1 is 1.11 bits per heavy atom. The van der Waals surface area contributed by atoms with Crippen molar-refractivity contribution in [1.29, 1.82) is 0 Å². The van der Waals surface area contributed by atoms with E-state index in [4.69, 9.17) is 0 Å². The first kappa shape index (κ1) is 13.9. The lowest BCUT2D eigenvalue weighted by Crippen LogP contribution is -2.15. The SMILES string of the molecule is CCCC(=O)C(=O)c1cc2ccccc2cc1CBr. The molecule has 0 spiro atoms. The summed E-state index contributed by atoms with van der Waals surface area (Å²) in [7, 11) is 0. The van der Waals surface area contributed by atoms with Crippen LogP contribution in [-0.2, 0) is 10.1 Å². The molecule has 2 nitrogen and oxygen atoms in total. The molecule has 0 N–H and O–H groups in total. The summed E-state index contributed by atoms with van der Waals surface area (Å²) in [6.45, 7) is 1.90. The minimum Gasteiger partial charge on any atom is -0.290 e. The largest absolute Gasteiger partial charge is 0.290 e. The van der Waals surface area contributed by atoms with E-state index in [0.717, 1.165) is 16.3 Å². The second kappa shape index (κ2) is 6.11. The zero-order valence-electron chi connectivity index (χ0n) is 10.8. The van der Waals surface area contributed by atoms with Crippen molar-refractivity contribution in [3.05, 3.63) is 47.5 Å². The van der Waals surface area contributed by atoms with Crippen molar-refractivity contribution in [2.75, 3.05) is 0 Å². The summed E-state index contributed by atoms with van der Waals surface area (Å²) >= 11 is 3.39. The maximum Gasteiger partial charge on any atom is 0.228 e. The summed E-state index contributed by atoms with van der Waals surface area (Å²) in [5.41, 5.74) is 1.39. The number of rotatable bonds is 5. The number of ketones is 2. The Bertz CT molecular complexity index is 632. The molecule has 0 heterocycles. The van der Waals surface area contributed by atoms with Crippen molar-refractivity contribution in [1.82, 2.24) is 0 Å². The van der Waals surface area contributed by atoms with Crippen LogP contribution in [-0.4, -0.2) is 11.6 Å². The van der Waals surface area contributed by atoms with Gasteiger partial charge in [0.1, 0.15) is 0 Å². The maximum absolute atomic E-state index is 12.2. The minimum atomic E-state index is -0.373. The van der Waals surface area contributed by atoms with Gasteiger partial charge in [0.05, 0.1) is 0 Å². The molecule has 2 aromatic carbocycles. The van der Waals surface area contributed by atoms with Gasteiger partial charge in [0.25, 0.3) is 0 Å². The topological polar surface area (TPSA) is 34.1 Å². The Labute approximate surface area is 120 Å². The maximum atomic E-state index is 12.2. The fourth-order valence-corrected chi connectivity index (χ4v) is 2.56. The van der Waals surface area contributed by atoms with Crippen LogP contribution in [0, 0.1) is 0 Å². The molecule has 0 fully saturated rings. The fraction of sp³-hybridized carbons (Fsp3) is 0.250.